The third kappa shape index (κ3) is 5.87. The van der Waals surface area contributed by atoms with Crippen molar-refractivity contribution >= 4 is 52.8 Å². The molecule has 0 atom stereocenters. The highest BCUT2D eigenvalue weighted by Gasteiger charge is 2.35. The highest BCUT2D eigenvalue weighted by atomic mass is 35.5. The van der Waals surface area contributed by atoms with Crippen LogP contribution in [0.25, 0.3) is 6.08 Å². The zero-order valence-corrected chi connectivity index (χ0v) is 20.9. The van der Waals surface area contributed by atoms with Gasteiger partial charge < -0.3 is 15.4 Å². The number of nitrogens with zero attached hydrogens (tertiary/aromatic N) is 1. The lowest BCUT2D eigenvalue weighted by atomic mass is 10.1. The molecule has 9 heteroatoms. The van der Waals surface area contributed by atoms with Crippen molar-refractivity contribution < 1.29 is 19.1 Å². The minimum Gasteiger partial charge on any atom is -0.488 e. The summed E-state index contributed by atoms with van der Waals surface area (Å²) in [7, 11) is 0. The standard InChI is InChI=1S/C27H23Cl2N3O4/c1-2-17-7-3-5-9-22(17)30-25(33)15-32-26(34)23(31-27(32)35)13-18-8-4-6-10-24(18)36-16-19-11-12-20(28)14-21(19)29/h3-14H,2,15-16H2,1H3,(H,30,33)(H,31,35)/b23-13+. The molecular weight excluding hydrogens is 501 g/mol. The predicted molar refractivity (Wildman–Crippen MR) is 140 cm³/mol. The number of rotatable bonds is 8. The predicted octanol–water partition coefficient (Wildman–Crippen LogP) is 5.67. The number of benzene rings is 3. The molecule has 1 saturated heterocycles. The molecule has 0 bridgehead atoms. The molecule has 0 aliphatic carbocycles. The van der Waals surface area contributed by atoms with Gasteiger partial charge in [-0.2, -0.15) is 0 Å². The van der Waals surface area contributed by atoms with Gasteiger partial charge in [0.2, 0.25) is 5.91 Å². The van der Waals surface area contributed by atoms with E-state index in [2.05, 4.69) is 10.6 Å². The van der Waals surface area contributed by atoms with Gasteiger partial charge in [0.15, 0.2) is 0 Å². The Balaban J connectivity index is 1.46. The lowest BCUT2D eigenvalue weighted by molar-refractivity contribution is -0.127. The fraction of sp³-hybridized carbons (Fsp3) is 0.148. The van der Waals surface area contributed by atoms with Crippen LogP contribution in [0.3, 0.4) is 0 Å². The number of halogens is 2. The van der Waals surface area contributed by atoms with E-state index in [1.165, 1.54) is 6.08 Å². The second kappa shape index (κ2) is 11.3. The smallest absolute Gasteiger partial charge is 0.329 e. The van der Waals surface area contributed by atoms with Gasteiger partial charge in [-0.05, 0) is 42.3 Å². The van der Waals surface area contributed by atoms with E-state index in [-0.39, 0.29) is 12.3 Å². The molecule has 0 spiro atoms. The Morgan fingerprint density at radius 1 is 1.03 bits per heavy atom. The number of nitrogens with one attached hydrogen (secondary N) is 2. The second-order valence-electron chi connectivity index (χ2n) is 8.00. The number of hydrogen-bond donors (Lipinski definition) is 2. The van der Waals surface area contributed by atoms with Gasteiger partial charge >= 0.3 is 6.03 Å². The highest BCUT2D eigenvalue weighted by Crippen LogP contribution is 2.26. The van der Waals surface area contributed by atoms with Crippen LogP contribution in [0.15, 0.2) is 72.4 Å². The number of hydrogen-bond acceptors (Lipinski definition) is 4. The van der Waals surface area contributed by atoms with Crippen molar-refractivity contribution in [2.45, 2.75) is 20.0 Å². The maximum atomic E-state index is 12.9. The van der Waals surface area contributed by atoms with E-state index < -0.39 is 24.4 Å². The lowest BCUT2D eigenvalue weighted by Crippen LogP contribution is -2.38. The topological polar surface area (TPSA) is 87.7 Å². The summed E-state index contributed by atoms with van der Waals surface area (Å²) in [6.45, 7) is 1.75. The van der Waals surface area contributed by atoms with Crippen molar-refractivity contribution in [2.75, 3.05) is 11.9 Å². The Labute approximate surface area is 218 Å². The van der Waals surface area contributed by atoms with Gasteiger partial charge in [0.1, 0.15) is 24.6 Å². The fourth-order valence-corrected chi connectivity index (χ4v) is 4.14. The molecule has 4 rings (SSSR count). The summed E-state index contributed by atoms with van der Waals surface area (Å²) in [4.78, 5) is 38.8. The van der Waals surface area contributed by atoms with Crippen LogP contribution in [-0.2, 0) is 22.6 Å². The van der Waals surface area contributed by atoms with E-state index in [0.29, 0.717) is 27.0 Å². The van der Waals surface area contributed by atoms with Crippen LogP contribution in [0, 0.1) is 0 Å². The molecule has 3 aromatic rings. The zero-order valence-electron chi connectivity index (χ0n) is 19.4. The lowest BCUT2D eigenvalue weighted by Gasteiger charge is -2.13. The fourth-order valence-electron chi connectivity index (χ4n) is 3.68. The van der Waals surface area contributed by atoms with Crippen LogP contribution in [0.1, 0.15) is 23.6 Å². The molecule has 184 valence electrons. The van der Waals surface area contributed by atoms with Gasteiger partial charge in [-0.15, -0.1) is 0 Å². The molecule has 7 nitrogen and oxygen atoms in total. The van der Waals surface area contributed by atoms with Gasteiger partial charge in [0.25, 0.3) is 5.91 Å². The van der Waals surface area contributed by atoms with Gasteiger partial charge in [0.05, 0.1) is 0 Å². The number of para-hydroxylation sites is 2. The number of amides is 4. The molecule has 2 N–H and O–H groups in total. The first-order valence-corrected chi connectivity index (χ1v) is 12.0. The van der Waals surface area contributed by atoms with Gasteiger partial charge in [0, 0.05) is 26.9 Å². The minimum atomic E-state index is -0.670. The number of carbonyl (C=O) groups is 3. The number of aryl methyl sites for hydroxylation is 1. The normalized spacial score (nSPS) is 14.2. The van der Waals surface area contributed by atoms with E-state index >= 15 is 0 Å². The molecule has 1 heterocycles. The van der Waals surface area contributed by atoms with Crippen LogP contribution in [-0.4, -0.2) is 29.3 Å². The van der Waals surface area contributed by atoms with Crippen molar-refractivity contribution in [3.05, 3.63) is 99.2 Å². The van der Waals surface area contributed by atoms with Crippen LogP contribution in [0.4, 0.5) is 10.5 Å². The Bertz CT molecular complexity index is 1360. The molecule has 36 heavy (non-hydrogen) atoms. The van der Waals surface area contributed by atoms with Gasteiger partial charge in [-0.1, -0.05) is 72.6 Å². The highest BCUT2D eigenvalue weighted by molar-refractivity contribution is 6.35. The Hall–Kier alpha value is -3.81. The van der Waals surface area contributed by atoms with Crippen LogP contribution >= 0.6 is 23.2 Å². The molecule has 1 fully saturated rings. The quantitative estimate of drug-likeness (QED) is 0.294. The largest absolute Gasteiger partial charge is 0.488 e. The molecule has 4 amide bonds. The Kier molecular flexibility index (Phi) is 7.93. The van der Waals surface area contributed by atoms with Gasteiger partial charge in [-0.3, -0.25) is 9.59 Å². The van der Waals surface area contributed by atoms with Crippen molar-refractivity contribution in [3.8, 4) is 5.75 Å². The monoisotopic (exact) mass is 523 g/mol. The van der Waals surface area contributed by atoms with E-state index in [0.717, 1.165) is 22.4 Å². The molecular formula is C27H23Cl2N3O4. The molecule has 1 aliphatic rings. The maximum absolute atomic E-state index is 12.9. The summed E-state index contributed by atoms with van der Waals surface area (Å²) in [5.41, 5.74) is 2.98. The SMILES string of the molecule is CCc1ccccc1NC(=O)CN1C(=O)N/C(=C/c2ccccc2OCc2ccc(Cl)cc2Cl)C1=O. The van der Waals surface area contributed by atoms with Crippen LogP contribution < -0.4 is 15.4 Å². The Morgan fingerprint density at radius 3 is 2.56 bits per heavy atom. The summed E-state index contributed by atoms with van der Waals surface area (Å²) >= 11 is 12.2. The summed E-state index contributed by atoms with van der Waals surface area (Å²) in [6, 6.07) is 18.9. The third-order valence-electron chi connectivity index (χ3n) is 5.55. The van der Waals surface area contributed by atoms with Crippen molar-refractivity contribution in [3.63, 3.8) is 0 Å². The summed E-state index contributed by atoms with van der Waals surface area (Å²) in [5.74, 6) is -0.580. The summed E-state index contributed by atoms with van der Waals surface area (Å²) in [5, 5.41) is 6.31. The number of urea groups is 1. The molecule has 0 saturated carbocycles. The second-order valence-corrected chi connectivity index (χ2v) is 8.84. The molecule has 0 unspecified atom stereocenters. The summed E-state index contributed by atoms with van der Waals surface area (Å²) < 4.78 is 5.92. The maximum Gasteiger partial charge on any atom is 0.329 e. The first-order chi connectivity index (χ1) is 17.4. The van der Waals surface area contributed by atoms with Crippen molar-refractivity contribution in [2.24, 2.45) is 0 Å². The van der Waals surface area contributed by atoms with E-state index in [1.54, 1.807) is 48.5 Å². The summed E-state index contributed by atoms with van der Waals surface area (Å²) in [6.07, 6.45) is 2.25. The first-order valence-electron chi connectivity index (χ1n) is 11.2. The third-order valence-corrected chi connectivity index (χ3v) is 6.14. The van der Waals surface area contributed by atoms with Crippen molar-refractivity contribution in [1.82, 2.24) is 10.2 Å². The van der Waals surface area contributed by atoms with Crippen molar-refractivity contribution in [1.29, 1.82) is 0 Å². The van der Waals surface area contributed by atoms with E-state index in [1.807, 2.05) is 25.1 Å². The molecule has 0 aromatic heterocycles. The molecule has 3 aromatic carbocycles. The number of carbonyl (C=O) groups excluding carboxylic acids is 3. The van der Waals surface area contributed by atoms with E-state index in [4.69, 9.17) is 27.9 Å². The number of anilines is 1. The van der Waals surface area contributed by atoms with E-state index in [9.17, 15) is 14.4 Å². The zero-order chi connectivity index (χ0) is 25.7. The van der Waals surface area contributed by atoms with Gasteiger partial charge in [-0.25, -0.2) is 9.69 Å². The Morgan fingerprint density at radius 2 is 1.78 bits per heavy atom. The van der Waals surface area contributed by atoms with Crippen LogP contribution in [0.2, 0.25) is 10.0 Å². The molecule has 0 radical (unpaired) electrons. The average Bonchev–Trinajstić information content (AvgIpc) is 3.12. The molecule has 1 aliphatic heterocycles. The van der Waals surface area contributed by atoms with Crippen LogP contribution in [0.5, 0.6) is 5.75 Å². The average molecular weight is 524 g/mol. The first kappa shape index (κ1) is 25.3. The number of ether oxygens (including phenoxy) is 1. The number of imide groups is 1. The minimum absolute atomic E-state index is 0.0438.